The highest BCUT2D eigenvalue weighted by Gasteiger charge is 2.36. The lowest BCUT2D eigenvalue weighted by Gasteiger charge is -2.40. The second-order valence-corrected chi connectivity index (χ2v) is 8.47. The molecule has 118 valence electrons. The summed E-state index contributed by atoms with van der Waals surface area (Å²) in [7, 11) is -3.31. The van der Waals surface area contributed by atoms with E-state index in [0.717, 1.165) is 12.8 Å². The number of hydrogen-bond donors (Lipinski definition) is 2. The van der Waals surface area contributed by atoms with Crippen molar-refractivity contribution in [3.8, 4) is 5.75 Å². The molecule has 0 aromatic heterocycles. The fraction of sp³-hybridized carbons (Fsp3) is 0.571. The van der Waals surface area contributed by atoms with Crippen LogP contribution in [0.15, 0.2) is 24.3 Å². The SMILES string of the molecule is CSC1(CNS(=O)(=O)CCOc2ccccc2N)CCC1. The van der Waals surface area contributed by atoms with Gasteiger partial charge in [0.2, 0.25) is 10.0 Å². The molecule has 0 heterocycles. The van der Waals surface area contributed by atoms with Crippen LogP contribution in [-0.2, 0) is 10.0 Å². The molecule has 0 unspecified atom stereocenters. The molecule has 0 saturated heterocycles. The third-order valence-electron chi connectivity index (χ3n) is 3.84. The summed E-state index contributed by atoms with van der Waals surface area (Å²) < 4.78 is 32.2. The van der Waals surface area contributed by atoms with Crippen LogP contribution >= 0.6 is 11.8 Å². The number of sulfonamides is 1. The number of ether oxygens (including phenoxy) is 1. The van der Waals surface area contributed by atoms with Crippen molar-refractivity contribution in [2.75, 3.05) is 30.9 Å². The van der Waals surface area contributed by atoms with Crippen LogP contribution in [-0.4, -0.2) is 38.3 Å². The van der Waals surface area contributed by atoms with Gasteiger partial charge in [0.05, 0.1) is 11.4 Å². The van der Waals surface area contributed by atoms with Gasteiger partial charge in [0, 0.05) is 11.3 Å². The molecule has 5 nitrogen and oxygen atoms in total. The van der Waals surface area contributed by atoms with Gasteiger partial charge in [0.15, 0.2) is 0 Å². The lowest BCUT2D eigenvalue weighted by atomic mass is 9.84. The molecule has 0 aliphatic heterocycles. The van der Waals surface area contributed by atoms with Crippen molar-refractivity contribution in [1.29, 1.82) is 0 Å². The van der Waals surface area contributed by atoms with Gasteiger partial charge in [0.1, 0.15) is 12.4 Å². The maximum absolute atomic E-state index is 12.0. The summed E-state index contributed by atoms with van der Waals surface area (Å²) in [6.45, 7) is 0.597. The van der Waals surface area contributed by atoms with Gasteiger partial charge in [-0.05, 0) is 31.2 Å². The average molecular weight is 330 g/mol. The molecule has 0 atom stereocenters. The van der Waals surface area contributed by atoms with Gasteiger partial charge in [-0.1, -0.05) is 18.6 Å². The first-order valence-corrected chi connectivity index (χ1v) is 9.84. The minimum Gasteiger partial charge on any atom is -0.490 e. The topological polar surface area (TPSA) is 81.4 Å². The van der Waals surface area contributed by atoms with E-state index in [1.807, 2.05) is 6.26 Å². The van der Waals surface area contributed by atoms with Crippen molar-refractivity contribution >= 4 is 27.5 Å². The zero-order chi connectivity index (χ0) is 15.3. The van der Waals surface area contributed by atoms with Crippen LogP contribution in [0.1, 0.15) is 19.3 Å². The molecule has 1 aliphatic rings. The van der Waals surface area contributed by atoms with E-state index in [1.54, 1.807) is 36.0 Å². The summed E-state index contributed by atoms with van der Waals surface area (Å²) in [6, 6.07) is 7.06. The van der Waals surface area contributed by atoms with Gasteiger partial charge in [-0.2, -0.15) is 11.8 Å². The zero-order valence-electron chi connectivity index (χ0n) is 12.2. The minimum atomic E-state index is -3.31. The summed E-state index contributed by atoms with van der Waals surface area (Å²) in [5, 5.41) is 0. The Hall–Kier alpha value is -0.920. The normalized spacial score (nSPS) is 17.2. The standard InChI is InChI=1S/C14H22N2O3S2/c1-20-14(7-4-8-14)11-16-21(17,18)10-9-19-13-6-3-2-5-12(13)15/h2-3,5-6,16H,4,7-11,15H2,1H3. The molecule has 1 aromatic carbocycles. The maximum atomic E-state index is 12.0. The lowest BCUT2D eigenvalue weighted by molar-refractivity contribution is 0.339. The number of rotatable bonds is 8. The number of nitrogens with two attached hydrogens (primary N) is 1. The molecule has 1 aliphatic carbocycles. The van der Waals surface area contributed by atoms with Crippen LogP contribution in [0.2, 0.25) is 0 Å². The third kappa shape index (κ3) is 4.52. The molecule has 1 fully saturated rings. The second kappa shape index (κ2) is 6.89. The predicted molar refractivity (Wildman–Crippen MR) is 88.2 cm³/mol. The molecule has 7 heteroatoms. The van der Waals surface area contributed by atoms with Crippen LogP contribution in [0.3, 0.4) is 0 Å². The van der Waals surface area contributed by atoms with Crippen LogP contribution in [0.25, 0.3) is 0 Å². The van der Waals surface area contributed by atoms with E-state index in [9.17, 15) is 8.42 Å². The van der Waals surface area contributed by atoms with Crippen molar-refractivity contribution in [3.05, 3.63) is 24.3 Å². The molecule has 2 rings (SSSR count). The average Bonchev–Trinajstić information content (AvgIpc) is 2.40. The molecule has 0 radical (unpaired) electrons. The monoisotopic (exact) mass is 330 g/mol. The first kappa shape index (κ1) is 16.5. The van der Waals surface area contributed by atoms with Gasteiger partial charge in [-0.25, -0.2) is 13.1 Å². The molecule has 21 heavy (non-hydrogen) atoms. The Bertz CT molecular complexity index is 566. The van der Waals surface area contributed by atoms with Crippen LogP contribution < -0.4 is 15.2 Å². The summed E-state index contributed by atoms with van der Waals surface area (Å²) in [5.74, 6) is 0.457. The Morgan fingerprint density at radius 1 is 1.38 bits per heavy atom. The fourth-order valence-corrected chi connectivity index (χ4v) is 4.16. The smallest absolute Gasteiger partial charge is 0.215 e. The van der Waals surface area contributed by atoms with Gasteiger partial charge >= 0.3 is 0 Å². The van der Waals surface area contributed by atoms with E-state index in [4.69, 9.17) is 10.5 Å². The van der Waals surface area contributed by atoms with Crippen molar-refractivity contribution < 1.29 is 13.2 Å². The molecule has 0 amide bonds. The quantitative estimate of drug-likeness (QED) is 0.711. The highest BCUT2D eigenvalue weighted by Crippen LogP contribution is 2.42. The number of hydrogen-bond acceptors (Lipinski definition) is 5. The summed E-state index contributed by atoms with van der Waals surface area (Å²) in [5.41, 5.74) is 6.25. The molecular formula is C14H22N2O3S2. The number of benzene rings is 1. The molecule has 0 bridgehead atoms. The highest BCUT2D eigenvalue weighted by atomic mass is 32.2. The van der Waals surface area contributed by atoms with E-state index in [-0.39, 0.29) is 17.1 Å². The minimum absolute atomic E-state index is 0.0637. The first-order chi connectivity index (χ1) is 9.96. The number of nitrogens with one attached hydrogen (secondary N) is 1. The first-order valence-electron chi connectivity index (χ1n) is 6.96. The van der Waals surface area contributed by atoms with Gasteiger partial charge < -0.3 is 10.5 Å². The molecule has 3 N–H and O–H groups in total. The largest absolute Gasteiger partial charge is 0.490 e. The van der Waals surface area contributed by atoms with E-state index in [2.05, 4.69) is 4.72 Å². The van der Waals surface area contributed by atoms with E-state index in [1.165, 1.54) is 6.42 Å². The lowest BCUT2D eigenvalue weighted by Crippen LogP contribution is -2.46. The van der Waals surface area contributed by atoms with Crippen molar-refractivity contribution in [1.82, 2.24) is 4.72 Å². The maximum Gasteiger partial charge on any atom is 0.215 e. The Labute approximate surface area is 130 Å². The Morgan fingerprint density at radius 2 is 2.10 bits per heavy atom. The van der Waals surface area contributed by atoms with Gasteiger partial charge in [-0.15, -0.1) is 0 Å². The third-order valence-corrected chi connectivity index (χ3v) is 6.55. The Kier molecular flexibility index (Phi) is 5.40. The summed E-state index contributed by atoms with van der Waals surface area (Å²) in [6.07, 6.45) is 5.37. The zero-order valence-corrected chi connectivity index (χ0v) is 13.8. The fourth-order valence-electron chi connectivity index (χ4n) is 2.21. The number of nitrogen functional groups attached to an aromatic ring is 1. The number of anilines is 1. The second-order valence-electron chi connectivity index (χ2n) is 5.27. The molecule has 1 saturated carbocycles. The predicted octanol–water partition coefficient (Wildman–Crippen LogP) is 1.85. The molecular weight excluding hydrogens is 308 g/mol. The Balaban J connectivity index is 1.78. The number of para-hydroxylation sites is 2. The molecule has 1 aromatic rings. The van der Waals surface area contributed by atoms with Gasteiger partial charge in [0.25, 0.3) is 0 Å². The van der Waals surface area contributed by atoms with E-state index >= 15 is 0 Å². The summed E-state index contributed by atoms with van der Waals surface area (Å²) in [4.78, 5) is 0. The Morgan fingerprint density at radius 3 is 2.67 bits per heavy atom. The van der Waals surface area contributed by atoms with Crippen molar-refractivity contribution in [3.63, 3.8) is 0 Å². The van der Waals surface area contributed by atoms with Crippen molar-refractivity contribution in [2.24, 2.45) is 0 Å². The number of thioether (sulfide) groups is 1. The van der Waals surface area contributed by atoms with E-state index in [0.29, 0.717) is 18.0 Å². The molecule has 0 spiro atoms. The van der Waals surface area contributed by atoms with Crippen LogP contribution in [0.4, 0.5) is 5.69 Å². The van der Waals surface area contributed by atoms with Crippen LogP contribution in [0, 0.1) is 0 Å². The van der Waals surface area contributed by atoms with Crippen LogP contribution in [0.5, 0.6) is 5.75 Å². The van der Waals surface area contributed by atoms with Crippen molar-refractivity contribution in [2.45, 2.75) is 24.0 Å². The summed E-state index contributed by atoms with van der Waals surface area (Å²) >= 11 is 1.75. The highest BCUT2D eigenvalue weighted by molar-refractivity contribution is 8.00. The van der Waals surface area contributed by atoms with E-state index < -0.39 is 10.0 Å². The van der Waals surface area contributed by atoms with Gasteiger partial charge in [-0.3, -0.25) is 0 Å².